The molecule has 2 rings (SSSR count). The number of amides is 1. The molecular weight excluding hydrogens is 351 g/mol. The van der Waals surface area contributed by atoms with Gasteiger partial charge in [0, 0.05) is 31.3 Å². The third-order valence-electron chi connectivity index (χ3n) is 3.17. The van der Waals surface area contributed by atoms with Gasteiger partial charge in [-0.25, -0.2) is 4.39 Å². The minimum absolute atomic E-state index is 0.00179. The SMILES string of the molecule is O=C(O)CCCn1cc(NC(=O)COc2cc(F)ccc2[N+](=O)[O-])cn1. The molecule has 1 heterocycles. The van der Waals surface area contributed by atoms with E-state index in [-0.39, 0.29) is 12.2 Å². The Morgan fingerprint density at radius 3 is 2.88 bits per heavy atom. The first-order valence-electron chi connectivity index (χ1n) is 7.46. The predicted molar refractivity (Wildman–Crippen MR) is 86.3 cm³/mol. The zero-order valence-electron chi connectivity index (χ0n) is 13.4. The van der Waals surface area contributed by atoms with Crippen molar-refractivity contribution in [3.63, 3.8) is 0 Å². The molecule has 26 heavy (non-hydrogen) atoms. The third kappa shape index (κ3) is 5.54. The summed E-state index contributed by atoms with van der Waals surface area (Å²) in [5, 5.41) is 25.9. The van der Waals surface area contributed by atoms with Crippen molar-refractivity contribution < 1.29 is 28.7 Å². The van der Waals surface area contributed by atoms with E-state index in [2.05, 4.69) is 10.4 Å². The smallest absolute Gasteiger partial charge is 0.311 e. The van der Waals surface area contributed by atoms with Gasteiger partial charge >= 0.3 is 11.7 Å². The van der Waals surface area contributed by atoms with Crippen LogP contribution in [0.25, 0.3) is 0 Å². The van der Waals surface area contributed by atoms with Crippen molar-refractivity contribution in [3.8, 4) is 5.75 Å². The summed E-state index contributed by atoms with van der Waals surface area (Å²) in [4.78, 5) is 32.4. The number of ether oxygens (including phenoxy) is 1. The molecule has 0 saturated carbocycles. The van der Waals surface area contributed by atoms with Crippen molar-refractivity contribution in [2.24, 2.45) is 0 Å². The molecule has 0 bridgehead atoms. The van der Waals surface area contributed by atoms with Gasteiger partial charge in [0.25, 0.3) is 5.91 Å². The van der Waals surface area contributed by atoms with Gasteiger partial charge in [0.15, 0.2) is 6.61 Å². The molecule has 138 valence electrons. The number of aromatic nitrogens is 2. The molecule has 0 aliphatic rings. The number of aryl methyl sites for hydroxylation is 1. The summed E-state index contributed by atoms with van der Waals surface area (Å²) < 4.78 is 19.7. The first-order chi connectivity index (χ1) is 12.3. The second kappa shape index (κ2) is 8.55. The number of benzene rings is 1. The lowest BCUT2D eigenvalue weighted by Crippen LogP contribution is -2.20. The number of hydrogen-bond donors (Lipinski definition) is 2. The van der Waals surface area contributed by atoms with E-state index in [1.807, 2.05) is 0 Å². The number of anilines is 1. The normalized spacial score (nSPS) is 10.3. The highest BCUT2D eigenvalue weighted by molar-refractivity contribution is 5.91. The standard InChI is InChI=1S/C15H15FN4O6/c16-10-3-4-12(20(24)25)13(6-10)26-9-14(21)18-11-7-17-19(8-11)5-1-2-15(22)23/h3-4,6-8H,1-2,5,9H2,(H,18,21)(H,22,23). The van der Waals surface area contributed by atoms with E-state index in [0.29, 0.717) is 18.7 Å². The van der Waals surface area contributed by atoms with Crippen LogP contribution in [-0.4, -0.2) is 38.3 Å². The van der Waals surface area contributed by atoms with Crippen LogP contribution in [0.3, 0.4) is 0 Å². The van der Waals surface area contributed by atoms with E-state index >= 15 is 0 Å². The Kier molecular flexibility index (Phi) is 6.20. The number of carboxylic acids is 1. The zero-order chi connectivity index (χ0) is 19.1. The Balaban J connectivity index is 1.88. The monoisotopic (exact) mass is 366 g/mol. The summed E-state index contributed by atoms with van der Waals surface area (Å²) in [6.07, 6.45) is 3.26. The summed E-state index contributed by atoms with van der Waals surface area (Å²) in [6, 6.07) is 2.69. The Morgan fingerprint density at radius 1 is 1.42 bits per heavy atom. The van der Waals surface area contributed by atoms with E-state index in [4.69, 9.17) is 9.84 Å². The van der Waals surface area contributed by atoms with Crippen molar-refractivity contribution in [2.45, 2.75) is 19.4 Å². The van der Waals surface area contributed by atoms with Crippen LogP contribution in [0.1, 0.15) is 12.8 Å². The van der Waals surface area contributed by atoms with Crippen LogP contribution in [-0.2, 0) is 16.1 Å². The van der Waals surface area contributed by atoms with Crippen LogP contribution in [0, 0.1) is 15.9 Å². The second-order valence-corrected chi connectivity index (χ2v) is 5.20. The maximum Gasteiger partial charge on any atom is 0.311 e. The average molecular weight is 366 g/mol. The molecule has 0 aliphatic carbocycles. The summed E-state index contributed by atoms with van der Waals surface area (Å²) in [5.74, 6) is -2.61. The van der Waals surface area contributed by atoms with E-state index in [1.54, 1.807) is 0 Å². The van der Waals surface area contributed by atoms with Crippen molar-refractivity contribution in [2.75, 3.05) is 11.9 Å². The fraction of sp³-hybridized carbons (Fsp3) is 0.267. The summed E-state index contributed by atoms with van der Waals surface area (Å²) in [7, 11) is 0. The average Bonchev–Trinajstić information content (AvgIpc) is 2.99. The van der Waals surface area contributed by atoms with E-state index < -0.39 is 34.9 Å². The minimum atomic E-state index is -0.908. The number of nitrogens with zero attached hydrogens (tertiary/aromatic N) is 3. The lowest BCUT2D eigenvalue weighted by atomic mass is 10.3. The molecule has 0 spiro atoms. The summed E-state index contributed by atoms with van der Waals surface area (Å²) >= 11 is 0. The molecule has 0 radical (unpaired) electrons. The maximum atomic E-state index is 13.2. The Hall–Kier alpha value is -3.50. The molecular formula is C15H15FN4O6. The highest BCUT2D eigenvalue weighted by Gasteiger charge is 2.17. The van der Waals surface area contributed by atoms with E-state index in [0.717, 1.165) is 18.2 Å². The second-order valence-electron chi connectivity index (χ2n) is 5.20. The maximum absolute atomic E-state index is 13.2. The van der Waals surface area contributed by atoms with Crippen molar-refractivity contribution >= 4 is 23.3 Å². The highest BCUT2D eigenvalue weighted by Crippen LogP contribution is 2.27. The molecule has 0 aliphatic heterocycles. The van der Waals surface area contributed by atoms with Crippen molar-refractivity contribution in [1.29, 1.82) is 0 Å². The molecule has 0 saturated heterocycles. The Labute approximate surface area is 146 Å². The fourth-order valence-corrected chi connectivity index (χ4v) is 2.04. The quantitative estimate of drug-likeness (QED) is 0.510. The first kappa shape index (κ1) is 18.8. The zero-order valence-corrected chi connectivity index (χ0v) is 13.4. The van der Waals surface area contributed by atoms with Crippen LogP contribution >= 0.6 is 0 Å². The van der Waals surface area contributed by atoms with Gasteiger partial charge in [-0.05, 0) is 12.5 Å². The molecule has 0 unspecified atom stereocenters. The fourth-order valence-electron chi connectivity index (χ4n) is 2.04. The predicted octanol–water partition coefficient (Wildman–Crippen LogP) is 1.81. The number of aliphatic carboxylic acids is 1. The number of rotatable bonds is 9. The van der Waals surface area contributed by atoms with Crippen LogP contribution in [0.15, 0.2) is 30.6 Å². The number of nitro groups is 1. The minimum Gasteiger partial charge on any atom is -0.481 e. The van der Waals surface area contributed by atoms with Crippen molar-refractivity contribution in [3.05, 3.63) is 46.5 Å². The Bertz CT molecular complexity index is 822. The van der Waals surface area contributed by atoms with Crippen LogP contribution in [0.2, 0.25) is 0 Å². The first-order valence-corrected chi connectivity index (χ1v) is 7.46. The number of carbonyl (C=O) groups is 2. The number of carboxylic acid groups (broad SMARTS) is 1. The molecule has 1 amide bonds. The molecule has 0 fully saturated rings. The third-order valence-corrected chi connectivity index (χ3v) is 3.17. The summed E-state index contributed by atoms with van der Waals surface area (Å²) in [5.41, 5.74) is -0.104. The van der Waals surface area contributed by atoms with Gasteiger partial charge in [-0.1, -0.05) is 0 Å². The molecule has 11 heteroatoms. The summed E-state index contributed by atoms with van der Waals surface area (Å²) in [6.45, 7) is -0.192. The number of nitro benzene ring substituents is 1. The van der Waals surface area contributed by atoms with Gasteiger partial charge in [0.05, 0.1) is 16.8 Å². The van der Waals surface area contributed by atoms with Gasteiger partial charge in [0.1, 0.15) is 5.82 Å². The molecule has 2 aromatic rings. The number of carbonyl (C=O) groups excluding carboxylic acids is 1. The highest BCUT2D eigenvalue weighted by atomic mass is 19.1. The van der Waals surface area contributed by atoms with Gasteiger partial charge in [-0.3, -0.25) is 24.4 Å². The van der Waals surface area contributed by atoms with Gasteiger partial charge in [0.2, 0.25) is 5.75 Å². The molecule has 10 nitrogen and oxygen atoms in total. The van der Waals surface area contributed by atoms with Gasteiger partial charge < -0.3 is 15.2 Å². The van der Waals surface area contributed by atoms with E-state index in [9.17, 15) is 24.1 Å². The molecule has 0 atom stereocenters. The van der Waals surface area contributed by atoms with Crippen molar-refractivity contribution in [1.82, 2.24) is 9.78 Å². The largest absolute Gasteiger partial charge is 0.481 e. The molecule has 1 aromatic carbocycles. The van der Waals surface area contributed by atoms with E-state index in [1.165, 1.54) is 17.1 Å². The molecule has 2 N–H and O–H groups in total. The molecule has 1 aromatic heterocycles. The van der Waals surface area contributed by atoms with Crippen LogP contribution < -0.4 is 10.1 Å². The van der Waals surface area contributed by atoms with Gasteiger partial charge in [-0.2, -0.15) is 5.10 Å². The number of nitrogens with one attached hydrogen (secondary N) is 1. The lowest BCUT2D eigenvalue weighted by molar-refractivity contribution is -0.385. The van der Waals surface area contributed by atoms with Crippen LogP contribution in [0.4, 0.5) is 15.8 Å². The Morgan fingerprint density at radius 2 is 2.19 bits per heavy atom. The lowest BCUT2D eigenvalue weighted by Gasteiger charge is -2.07. The van der Waals surface area contributed by atoms with Gasteiger partial charge in [-0.15, -0.1) is 0 Å². The number of halogens is 1. The topological polar surface area (TPSA) is 137 Å². The number of hydrogen-bond acceptors (Lipinski definition) is 6. The van der Waals surface area contributed by atoms with Crippen LogP contribution in [0.5, 0.6) is 5.75 Å².